The van der Waals surface area contributed by atoms with Crippen LogP contribution in [0.25, 0.3) is 0 Å². The van der Waals surface area contributed by atoms with E-state index >= 15 is 0 Å². The highest BCUT2D eigenvalue weighted by atomic mass is 16.6. The lowest BCUT2D eigenvalue weighted by Gasteiger charge is -2.26. The summed E-state index contributed by atoms with van der Waals surface area (Å²) in [7, 11) is 1.39. The molecule has 120 valence electrons. The average Bonchev–Trinajstić information content (AvgIpc) is 2.89. The Hall–Kier alpha value is -2.04. The van der Waals surface area contributed by atoms with E-state index in [0.29, 0.717) is 19.6 Å². The molecule has 2 rings (SSSR count). The maximum absolute atomic E-state index is 12.0. The third-order valence-corrected chi connectivity index (χ3v) is 3.99. The molecular formula is C17H23NO4. The first kappa shape index (κ1) is 16.3. The van der Waals surface area contributed by atoms with Crippen molar-refractivity contribution in [1.29, 1.82) is 0 Å². The molecule has 1 aromatic carbocycles. The van der Waals surface area contributed by atoms with Crippen LogP contribution >= 0.6 is 0 Å². The molecule has 1 heterocycles. The molecule has 2 atom stereocenters. The van der Waals surface area contributed by atoms with Crippen molar-refractivity contribution in [2.75, 3.05) is 20.3 Å². The number of methoxy groups -OCH3 is 1. The van der Waals surface area contributed by atoms with E-state index < -0.39 is 0 Å². The summed E-state index contributed by atoms with van der Waals surface area (Å²) in [5.74, 6) is -0.142. The quantitative estimate of drug-likeness (QED) is 0.726. The van der Waals surface area contributed by atoms with Crippen LogP contribution in [-0.4, -0.2) is 37.2 Å². The second-order valence-electron chi connectivity index (χ2n) is 5.59. The number of hydrogen-bond donors (Lipinski definition) is 0. The molecule has 0 aromatic heterocycles. The monoisotopic (exact) mass is 305 g/mol. The van der Waals surface area contributed by atoms with Crippen LogP contribution in [0.15, 0.2) is 30.3 Å². The number of esters is 1. The van der Waals surface area contributed by atoms with Gasteiger partial charge in [-0.15, -0.1) is 0 Å². The normalized spacial score (nSPS) is 18.9. The van der Waals surface area contributed by atoms with Crippen molar-refractivity contribution in [3.63, 3.8) is 0 Å². The van der Waals surface area contributed by atoms with Gasteiger partial charge in [-0.25, -0.2) is 4.79 Å². The zero-order valence-corrected chi connectivity index (χ0v) is 13.2. The smallest absolute Gasteiger partial charge is 0.410 e. The highest BCUT2D eigenvalue weighted by Gasteiger charge is 2.35. The molecule has 0 spiro atoms. The summed E-state index contributed by atoms with van der Waals surface area (Å²) in [6, 6.07) is 9.76. The summed E-state index contributed by atoms with van der Waals surface area (Å²) in [5, 5.41) is 0. The van der Waals surface area contributed by atoms with Crippen LogP contribution in [0.3, 0.4) is 0 Å². The van der Waals surface area contributed by atoms with Gasteiger partial charge in [0.15, 0.2) is 0 Å². The van der Waals surface area contributed by atoms with Crippen LogP contribution in [0.4, 0.5) is 4.79 Å². The fraction of sp³-hybridized carbons (Fsp3) is 0.529. The molecule has 1 aromatic rings. The minimum absolute atomic E-state index is 0.0781. The summed E-state index contributed by atoms with van der Waals surface area (Å²) >= 11 is 0. The zero-order valence-electron chi connectivity index (χ0n) is 13.2. The fourth-order valence-corrected chi connectivity index (χ4v) is 2.87. The van der Waals surface area contributed by atoms with Gasteiger partial charge in [0.05, 0.1) is 19.6 Å². The van der Waals surface area contributed by atoms with E-state index in [2.05, 4.69) is 6.92 Å². The lowest BCUT2D eigenvalue weighted by Crippen LogP contribution is -2.33. The number of carbonyl (C=O) groups excluding carboxylic acids is 2. The first-order valence-electron chi connectivity index (χ1n) is 7.70. The van der Waals surface area contributed by atoms with Crippen molar-refractivity contribution < 1.29 is 19.1 Å². The Morgan fingerprint density at radius 2 is 2.14 bits per heavy atom. The number of cyclic esters (lactones) is 1. The molecule has 0 unspecified atom stereocenters. The third kappa shape index (κ3) is 4.00. The van der Waals surface area contributed by atoms with Crippen LogP contribution < -0.4 is 0 Å². The summed E-state index contributed by atoms with van der Waals surface area (Å²) in [6.07, 6.45) is 1.86. The van der Waals surface area contributed by atoms with Crippen LogP contribution in [0.2, 0.25) is 0 Å². The number of nitrogens with zero attached hydrogens (tertiary/aromatic N) is 1. The van der Waals surface area contributed by atoms with Crippen molar-refractivity contribution in [3.8, 4) is 0 Å². The molecule has 1 saturated heterocycles. The summed E-state index contributed by atoms with van der Waals surface area (Å²) in [4.78, 5) is 25.3. The predicted octanol–water partition coefficient (Wildman–Crippen LogP) is 3.16. The molecule has 0 N–H and O–H groups in total. The minimum Gasteiger partial charge on any atom is -0.469 e. The minimum atomic E-state index is -0.306. The maximum Gasteiger partial charge on any atom is 0.410 e. The van der Waals surface area contributed by atoms with Crippen molar-refractivity contribution in [2.24, 2.45) is 5.92 Å². The van der Waals surface area contributed by atoms with Crippen molar-refractivity contribution in [3.05, 3.63) is 35.9 Å². The summed E-state index contributed by atoms with van der Waals surface area (Å²) in [6.45, 7) is 2.95. The topological polar surface area (TPSA) is 55.8 Å². The Morgan fingerprint density at radius 3 is 2.77 bits per heavy atom. The predicted molar refractivity (Wildman–Crippen MR) is 82.3 cm³/mol. The second-order valence-corrected chi connectivity index (χ2v) is 5.59. The van der Waals surface area contributed by atoms with Gasteiger partial charge < -0.3 is 9.47 Å². The van der Waals surface area contributed by atoms with E-state index in [0.717, 1.165) is 18.4 Å². The molecule has 1 aliphatic rings. The standard InChI is InChI=1S/C17H23NO4/c1-3-7-13(10-16(19)21-2)11-18-15(12-22-17(18)20)14-8-5-4-6-9-14/h4-6,8-9,13,15H,3,7,10-12H2,1-2H3/t13-,15-/m1/s1. The van der Waals surface area contributed by atoms with Crippen LogP contribution in [-0.2, 0) is 14.3 Å². The first-order valence-corrected chi connectivity index (χ1v) is 7.70. The molecule has 0 saturated carbocycles. The number of ether oxygens (including phenoxy) is 2. The van der Waals surface area contributed by atoms with Crippen molar-refractivity contribution in [2.45, 2.75) is 32.2 Å². The Balaban J connectivity index is 2.09. The number of carbonyl (C=O) groups is 2. The van der Waals surface area contributed by atoms with Gasteiger partial charge in [-0.3, -0.25) is 9.69 Å². The van der Waals surface area contributed by atoms with Crippen LogP contribution in [0, 0.1) is 5.92 Å². The number of amides is 1. The van der Waals surface area contributed by atoms with Gasteiger partial charge in [-0.2, -0.15) is 0 Å². The fourth-order valence-electron chi connectivity index (χ4n) is 2.87. The molecule has 0 bridgehead atoms. The molecule has 5 nitrogen and oxygen atoms in total. The molecule has 1 fully saturated rings. The molecule has 1 amide bonds. The lowest BCUT2D eigenvalue weighted by molar-refractivity contribution is -0.141. The van der Waals surface area contributed by atoms with E-state index in [-0.39, 0.29) is 24.0 Å². The van der Waals surface area contributed by atoms with E-state index in [1.54, 1.807) is 4.90 Å². The van der Waals surface area contributed by atoms with Gasteiger partial charge in [0.1, 0.15) is 6.61 Å². The molecule has 5 heteroatoms. The molecule has 0 radical (unpaired) electrons. The Bertz CT molecular complexity index is 503. The van der Waals surface area contributed by atoms with Crippen LogP contribution in [0.1, 0.15) is 37.8 Å². The zero-order chi connectivity index (χ0) is 15.9. The van der Waals surface area contributed by atoms with E-state index in [1.807, 2.05) is 30.3 Å². The number of rotatable bonds is 7. The Kier molecular flexibility index (Phi) is 5.81. The van der Waals surface area contributed by atoms with E-state index in [9.17, 15) is 9.59 Å². The number of benzene rings is 1. The molecule has 0 aliphatic carbocycles. The SMILES string of the molecule is CCC[C@H](CC(=O)OC)CN1C(=O)OC[C@@H]1c1ccccc1. The molecular weight excluding hydrogens is 282 g/mol. The van der Waals surface area contributed by atoms with Gasteiger partial charge in [0.2, 0.25) is 0 Å². The molecule has 1 aliphatic heterocycles. The Morgan fingerprint density at radius 1 is 1.41 bits per heavy atom. The van der Waals surface area contributed by atoms with Gasteiger partial charge in [-0.05, 0) is 17.9 Å². The van der Waals surface area contributed by atoms with Crippen LogP contribution in [0.5, 0.6) is 0 Å². The van der Waals surface area contributed by atoms with Gasteiger partial charge >= 0.3 is 12.1 Å². The first-order chi connectivity index (χ1) is 10.7. The van der Waals surface area contributed by atoms with Gasteiger partial charge in [0.25, 0.3) is 0 Å². The Labute approximate surface area is 131 Å². The average molecular weight is 305 g/mol. The van der Waals surface area contributed by atoms with E-state index in [4.69, 9.17) is 9.47 Å². The van der Waals surface area contributed by atoms with Gasteiger partial charge in [-0.1, -0.05) is 43.7 Å². The van der Waals surface area contributed by atoms with Crippen molar-refractivity contribution in [1.82, 2.24) is 4.90 Å². The highest BCUT2D eigenvalue weighted by Crippen LogP contribution is 2.29. The lowest BCUT2D eigenvalue weighted by atomic mass is 9.97. The third-order valence-electron chi connectivity index (χ3n) is 3.99. The second kappa shape index (κ2) is 7.82. The van der Waals surface area contributed by atoms with Gasteiger partial charge in [0, 0.05) is 6.54 Å². The number of hydrogen-bond acceptors (Lipinski definition) is 4. The molecule has 22 heavy (non-hydrogen) atoms. The highest BCUT2D eigenvalue weighted by molar-refractivity contribution is 5.71. The largest absolute Gasteiger partial charge is 0.469 e. The maximum atomic E-state index is 12.0. The summed E-state index contributed by atoms with van der Waals surface area (Å²) < 4.78 is 9.97. The van der Waals surface area contributed by atoms with E-state index in [1.165, 1.54) is 7.11 Å². The summed E-state index contributed by atoms with van der Waals surface area (Å²) in [5.41, 5.74) is 1.06. The van der Waals surface area contributed by atoms with Crippen molar-refractivity contribution >= 4 is 12.1 Å².